The normalized spacial score (nSPS) is 11.6. The van der Waals surface area contributed by atoms with Crippen molar-refractivity contribution < 1.29 is 13.9 Å². The van der Waals surface area contributed by atoms with E-state index in [0.29, 0.717) is 23.5 Å². The first-order valence-corrected chi connectivity index (χ1v) is 7.08. The number of fused-ring (bicyclic) bond motifs is 1. The second kappa shape index (κ2) is 6.26. The van der Waals surface area contributed by atoms with Crippen LogP contribution in [0.15, 0.2) is 70.1 Å². The van der Waals surface area contributed by atoms with Crippen LogP contribution in [0.3, 0.4) is 0 Å². The Kier molecular flexibility index (Phi) is 4.01. The fourth-order valence-corrected chi connectivity index (χ4v) is 2.20. The Labute approximate surface area is 128 Å². The van der Waals surface area contributed by atoms with Gasteiger partial charge in [0.05, 0.1) is 12.3 Å². The molecule has 4 nitrogen and oxygen atoms in total. The Morgan fingerprint density at radius 1 is 1.05 bits per heavy atom. The van der Waals surface area contributed by atoms with Gasteiger partial charge in [-0.25, -0.2) is 9.79 Å². The van der Waals surface area contributed by atoms with Gasteiger partial charge < -0.3 is 9.15 Å². The molecule has 0 radical (unpaired) electrons. The molecule has 2 aliphatic rings. The van der Waals surface area contributed by atoms with Gasteiger partial charge in [0.2, 0.25) is 5.55 Å². The second-order valence-electron chi connectivity index (χ2n) is 4.64. The summed E-state index contributed by atoms with van der Waals surface area (Å²) < 4.78 is 10.9. The van der Waals surface area contributed by atoms with Crippen molar-refractivity contribution in [3.05, 3.63) is 71.8 Å². The molecule has 1 aliphatic heterocycles. The summed E-state index contributed by atoms with van der Waals surface area (Å²) in [4.78, 5) is 16.7. The van der Waals surface area contributed by atoms with Crippen molar-refractivity contribution in [3.63, 3.8) is 0 Å². The quantitative estimate of drug-likeness (QED) is 0.690. The molecule has 0 N–H and O–H groups in total. The van der Waals surface area contributed by atoms with Gasteiger partial charge in [0.25, 0.3) is 0 Å². The van der Waals surface area contributed by atoms with Crippen LogP contribution in [-0.4, -0.2) is 12.6 Å². The smallest absolute Gasteiger partial charge is 0.344 e. The standard InChI is InChI=1S/C18H15NO3/c1-2-21-18(20)16-14-11-7-4-8-12-15(14)22-17(16)19-13-9-5-3-6-10-13/h3-12H,2H2,1H3. The summed E-state index contributed by atoms with van der Waals surface area (Å²) in [5.74, 6) is 0.171. The maximum absolute atomic E-state index is 12.3. The molecule has 4 heteroatoms. The number of carbonyl (C=O) groups is 1. The summed E-state index contributed by atoms with van der Waals surface area (Å²) in [7, 11) is 0. The van der Waals surface area contributed by atoms with E-state index in [1.807, 2.05) is 60.7 Å². The number of hydrogen-bond acceptors (Lipinski definition) is 4. The topological polar surface area (TPSA) is 51.8 Å². The monoisotopic (exact) mass is 293 g/mol. The number of nitrogens with zero attached hydrogens (tertiary/aromatic N) is 1. The van der Waals surface area contributed by atoms with Crippen LogP contribution in [0.4, 0.5) is 5.69 Å². The zero-order chi connectivity index (χ0) is 15.4. The van der Waals surface area contributed by atoms with Crippen LogP contribution in [-0.2, 0) is 4.74 Å². The number of benzene rings is 1. The molecule has 22 heavy (non-hydrogen) atoms. The van der Waals surface area contributed by atoms with E-state index in [0.717, 1.165) is 5.69 Å². The van der Waals surface area contributed by atoms with Crippen molar-refractivity contribution in [2.75, 3.05) is 6.61 Å². The van der Waals surface area contributed by atoms with Crippen LogP contribution in [0.5, 0.6) is 0 Å². The summed E-state index contributed by atoms with van der Waals surface area (Å²) >= 11 is 0. The highest BCUT2D eigenvalue weighted by atomic mass is 16.5. The van der Waals surface area contributed by atoms with Gasteiger partial charge in [-0.2, -0.15) is 0 Å². The molecule has 0 saturated heterocycles. The summed E-state index contributed by atoms with van der Waals surface area (Å²) in [5, 5.41) is 0. The van der Waals surface area contributed by atoms with Crippen molar-refractivity contribution in [1.82, 2.24) is 0 Å². The van der Waals surface area contributed by atoms with Gasteiger partial charge in [-0.05, 0) is 25.1 Å². The third-order valence-corrected chi connectivity index (χ3v) is 3.15. The average Bonchev–Trinajstić information content (AvgIpc) is 2.70. The lowest BCUT2D eigenvalue weighted by Crippen LogP contribution is -2.14. The van der Waals surface area contributed by atoms with Crippen LogP contribution in [0, 0.1) is 0 Å². The predicted octanol–water partition coefficient (Wildman–Crippen LogP) is 3.79. The summed E-state index contributed by atoms with van der Waals surface area (Å²) in [5.41, 5.74) is 2.04. The van der Waals surface area contributed by atoms with E-state index in [9.17, 15) is 4.79 Å². The van der Waals surface area contributed by atoms with Crippen LogP contribution >= 0.6 is 0 Å². The van der Waals surface area contributed by atoms with Crippen molar-refractivity contribution >= 4 is 11.7 Å². The van der Waals surface area contributed by atoms with Gasteiger partial charge in [0.1, 0.15) is 11.3 Å². The van der Waals surface area contributed by atoms with Crippen LogP contribution in [0.1, 0.15) is 17.3 Å². The largest absolute Gasteiger partial charge is 0.462 e. The van der Waals surface area contributed by atoms with E-state index in [1.54, 1.807) is 6.92 Å². The van der Waals surface area contributed by atoms with E-state index in [1.165, 1.54) is 0 Å². The third kappa shape index (κ3) is 2.76. The Hall–Kier alpha value is -2.88. The lowest BCUT2D eigenvalue weighted by atomic mass is 10.1. The van der Waals surface area contributed by atoms with E-state index < -0.39 is 5.97 Å². The number of para-hydroxylation sites is 1. The van der Waals surface area contributed by atoms with Crippen molar-refractivity contribution in [2.24, 2.45) is 4.99 Å². The fraction of sp³-hybridized carbons (Fsp3) is 0.111. The highest BCUT2D eigenvalue weighted by molar-refractivity contribution is 5.96. The van der Waals surface area contributed by atoms with Crippen molar-refractivity contribution in [2.45, 2.75) is 6.92 Å². The highest BCUT2D eigenvalue weighted by Gasteiger charge is 2.22. The highest BCUT2D eigenvalue weighted by Crippen LogP contribution is 2.24. The Morgan fingerprint density at radius 2 is 1.73 bits per heavy atom. The van der Waals surface area contributed by atoms with Crippen molar-refractivity contribution in [3.8, 4) is 11.3 Å². The fourth-order valence-electron chi connectivity index (χ4n) is 2.20. The molecule has 0 saturated carbocycles. The van der Waals surface area contributed by atoms with Crippen LogP contribution in [0.2, 0.25) is 0 Å². The molecule has 0 spiro atoms. The SMILES string of the molecule is CCOC(=O)c1c2cccccc-2oc1=Nc1ccccc1. The minimum atomic E-state index is -0.429. The van der Waals surface area contributed by atoms with Gasteiger partial charge in [0, 0.05) is 5.56 Å². The average molecular weight is 293 g/mol. The van der Waals surface area contributed by atoms with E-state index in [2.05, 4.69) is 4.99 Å². The number of rotatable bonds is 3. The Balaban J connectivity index is 2.25. The summed E-state index contributed by atoms with van der Waals surface area (Å²) in [6.45, 7) is 2.07. The molecule has 1 heterocycles. The maximum atomic E-state index is 12.3. The molecule has 1 aromatic rings. The molecule has 3 rings (SSSR count). The zero-order valence-electron chi connectivity index (χ0n) is 12.2. The number of esters is 1. The molecular weight excluding hydrogens is 278 g/mol. The predicted molar refractivity (Wildman–Crippen MR) is 83.0 cm³/mol. The molecule has 110 valence electrons. The molecule has 0 atom stereocenters. The Morgan fingerprint density at radius 3 is 2.45 bits per heavy atom. The van der Waals surface area contributed by atoms with Gasteiger partial charge in [0.15, 0.2) is 0 Å². The molecule has 0 amide bonds. The van der Waals surface area contributed by atoms with Gasteiger partial charge in [-0.15, -0.1) is 0 Å². The van der Waals surface area contributed by atoms with E-state index in [-0.39, 0.29) is 5.55 Å². The summed E-state index contributed by atoms with van der Waals surface area (Å²) in [6.07, 6.45) is 0. The first kappa shape index (κ1) is 14.1. The molecule has 1 aromatic carbocycles. The molecule has 0 bridgehead atoms. The second-order valence-corrected chi connectivity index (χ2v) is 4.64. The van der Waals surface area contributed by atoms with E-state index >= 15 is 0 Å². The minimum Gasteiger partial charge on any atom is -0.462 e. The molecule has 0 aromatic heterocycles. The Bertz CT molecular complexity index is 821. The molecular formula is C18H15NO3. The first-order chi connectivity index (χ1) is 10.8. The molecule has 0 fully saturated rings. The zero-order valence-corrected chi connectivity index (χ0v) is 12.2. The first-order valence-electron chi connectivity index (χ1n) is 7.08. The van der Waals surface area contributed by atoms with Gasteiger partial charge >= 0.3 is 5.97 Å². The minimum absolute atomic E-state index is 0.269. The van der Waals surface area contributed by atoms with E-state index in [4.69, 9.17) is 9.15 Å². The van der Waals surface area contributed by atoms with Crippen LogP contribution < -0.4 is 5.55 Å². The maximum Gasteiger partial charge on any atom is 0.344 e. The number of ether oxygens (including phenoxy) is 1. The lowest BCUT2D eigenvalue weighted by molar-refractivity contribution is 0.0524. The summed E-state index contributed by atoms with van der Waals surface area (Å²) in [6, 6.07) is 18.6. The number of carbonyl (C=O) groups excluding carboxylic acids is 1. The van der Waals surface area contributed by atoms with Gasteiger partial charge in [-0.1, -0.05) is 42.5 Å². The third-order valence-electron chi connectivity index (χ3n) is 3.15. The number of hydrogen-bond donors (Lipinski definition) is 0. The molecule has 0 unspecified atom stereocenters. The van der Waals surface area contributed by atoms with Crippen molar-refractivity contribution in [1.29, 1.82) is 0 Å². The lowest BCUT2D eigenvalue weighted by Gasteiger charge is -1.99. The van der Waals surface area contributed by atoms with Crippen LogP contribution in [0.25, 0.3) is 11.3 Å². The van der Waals surface area contributed by atoms with Gasteiger partial charge in [-0.3, -0.25) is 0 Å². The molecule has 1 aliphatic carbocycles. The number of furan rings is 1.